The molecule has 0 aromatic heterocycles. The summed E-state index contributed by atoms with van der Waals surface area (Å²) in [6.07, 6.45) is 5.45. The highest BCUT2D eigenvalue weighted by atomic mass is 32.2. The molecule has 2 fully saturated rings. The summed E-state index contributed by atoms with van der Waals surface area (Å²) < 4.78 is 6.02. The van der Waals surface area contributed by atoms with Gasteiger partial charge >= 0.3 is 0 Å². The van der Waals surface area contributed by atoms with Gasteiger partial charge in [-0.05, 0) is 55.9 Å². The van der Waals surface area contributed by atoms with E-state index in [0.717, 1.165) is 38.7 Å². The van der Waals surface area contributed by atoms with E-state index in [1.54, 1.807) is 0 Å². The zero-order chi connectivity index (χ0) is 12.1. The Bertz CT molecular complexity index is 223. The molecular weight excluding hydrogens is 236 g/mol. The lowest BCUT2D eigenvalue weighted by Gasteiger charge is -2.44. The minimum Gasteiger partial charge on any atom is -0.396 e. The third-order valence-corrected chi connectivity index (χ3v) is 5.12. The Morgan fingerprint density at radius 1 is 1.35 bits per heavy atom. The quantitative estimate of drug-likeness (QED) is 0.809. The predicted molar refractivity (Wildman–Crippen MR) is 70.3 cm³/mol. The lowest BCUT2D eigenvalue weighted by Crippen LogP contribution is -2.45. The van der Waals surface area contributed by atoms with Crippen LogP contribution in [0.3, 0.4) is 0 Å². The number of aliphatic hydroxyl groups excluding tert-OH is 2. The van der Waals surface area contributed by atoms with Crippen molar-refractivity contribution < 1.29 is 14.9 Å². The second-order valence-corrected chi connectivity index (χ2v) is 6.55. The Kier molecular flexibility index (Phi) is 5.15. The van der Waals surface area contributed by atoms with Gasteiger partial charge in [-0.15, -0.1) is 0 Å². The molecule has 2 rings (SSSR count). The Morgan fingerprint density at radius 3 is 2.82 bits per heavy atom. The Labute approximate surface area is 108 Å². The van der Waals surface area contributed by atoms with Gasteiger partial charge in [0.25, 0.3) is 0 Å². The van der Waals surface area contributed by atoms with E-state index in [9.17, 15) is 5.11 Å². The molecule has 2 N–H and O–H groups in total. The van der Waals surface area contributed by atoms with E-state index in [1.165, 1.54) is 11.5 Å². The molecular formula is C13H24O3S. The maximum atomic E-state index is 10.1. The van der Waals surface area contributed by atoms with E-state index in [2.05, 4.69) is 0 Å². The lowest BCUT2D eigenvalue weighted by atomic mass is 9.78. The van der Waals surface area contributed by atoms with Crippen molar-refractivity contribution in [3.05, 3.63) is 0 Å². The van der Waals surface area contributed by atoms with Gasteiger partial charge in [-0.1, -0.05) is 0 Å². The summed E-state index contributed by atoms with van der Waals surface area (Å²) in [4.78, 5) is 0. The van der Waals surface area contributed by atoms with Crippen molar-refractivity contribution in [1.29, 1.82) is 0 Å². The number of aliphatic hydroxyl groups is 2. The van der Waals surface area contributed by atoms with Gasteiger partial charge in [0.2, 0.25) is 0 Å². The molecule has 2 atom stereocenters. The summed E-state index contributed by atoms with van der Waals surface area (Å²) in [5, 5.41) is 19.0. The molecule has 2 aliphatic rings. The van der Waals surface area contributed by atoms with Crippen LogP contribution >= 0.6 is 11.8 Å². The average molecular weight is 260 g/mol. The fourth-order valence-corrected chi connectivity index (χ4v) is 4.26. The van der Waals surface area contributed by atoms with Crippen LogP contribution < -0.4 is 0 Å². The highest BCUT2D eigenvalue weighted by Crippen LogP contribution is 2.41. The number of hydrogen-bond donors (Lipinski definition) is 2. The summed E-state index contributed by atoms with van der Waals surface area (Å²) in [5.74, 6) is 2.76. The predicted octanol–water partition coefficient (Wildman–Crippen LogP) is 1.81. The molecule has 3 nitrogen and oxygen atoms in total. The molecule has 17 heavy (non-hydrogen) atoms. The van der Waals surface area contributed by atoms with Crippen molar-refractivity contribution in [3.8, 4) is 0 Å². The third kappa shape index (κ3) is 3.60. The van der Waals surface area contributed by atoms with Gasteiger partial charge in [0.15, 0.2) is 0 Å². The van der Waals surface area contributed by atoms with Crippen LogP contribution in [0.25, 0.3) is 0 Å². The second-order valence-electron chi connectivity index (χ2n) is 5.33. The van der Waals surface area contributed by atoms with Gasteiger partial charge in [0.05, 0.1) is 11.7 Å². The zero-order valence-electron chi connectivity index (χ0n) is 10.4. The minimum absolute atomic E-state index is 0.0639. The van der Waals surface area contributed by atoms with Crippen LogP contribution in [0.5, 0.6) is 0 Å². The van der Waals surface area contributed by atoms with Crippen molar-refractivity contribution in [3.63, 3.8) is 0 Å². The average Bonchev–Trinajstić information content (AvgIpc) is 2.37. The molecule has 0 saturated carbocycles. The molecule has 2 heterocycles. The molecule has 100 valence electrons. The summed E-state index contributed by atoms with van der Waals surface area (Å²) in [6.45, 7) is 0.980. The number of ether oxygens (including phenoxy) is 1. The smallest absolute Gasteiger partial charge is 0.0701 e. The van der Waals surface area contributed by atoms with E-state index in [4.69, 9.17) is 9.84 Å². The second kappa shape index (κ2) is 6.41. The number of hydrogen-bond acceptors (Lipinski definition) is 4. The van der Waals surface area contributed by atoms with Crippen LogP contribution in [-0.2, 0) is 4.74 Å². The van der Waals surface area contributed by atoms with Gasteiger partial charge in [-0.2, -0.15) is 11.8 Å². The Balaban J connectivity index is 1.87. The lowest BCUT2D eigenvalue weighted by molar-refractivity contribution is -0.121. The summed E-state index contributed by atoms with van der Waals surface area (Å²) in [7, 11) is 0. The van der Waals surface area contributed by atoms with Gasteiger partial charge in [-0.3, -0.25) is 0 Å². The molecule has 2 aliphatic heterocycles. The molecule has 0 radical (unpaired) electrons. The Morgan fingerprint density at radius 2 is 2.12 bits per heavy atom. The van der Waals surface area contributed by atoms with Gasteiger partial charge in [0.1, 0.15) is 0 Å². The van der Waals surface area contributed by atoms with E-state index in [-0.39, 0.29) is 18.3 Å². The molecule has 0 aromatic carbocycles. The van der Waals surface area contributed by atoms with Crippen LogP contribution in [0.2, 0.25) is 0 Å². The largest absolute Gasteiger partial charge is 0.396 e. The molecule has 4 heteroatoms. The third-order valence-electron chi connectivity index (χ3n) is 4.14. The van der Waals surface area contributed by atoms with E-state index in [1.807, 2.05) is 11.8 Å². The highest BCUT2D eigenvalue weighted by Gasteiger charge is 2.40. The molecule has 0 amide bonds. The first kappa shape index (κ1) is 13.7. The van der Waals surface area contributed by atoms with Crippen LogP contribution in [-0.4, -0.2) is 46.6 Å². The van der Waals surface area contributed by atoms with E-state index in [0.29, 0.717) is 12.3 Å². The topological polar surface area (TPSA) is 49.7 Å². The standard InChI is InChI=1S/C13H24O3S/c14-6-1-2-12(15)11-3-7-16-13(10-11)4-8-17-9-5-13/h11-12,14-15H,1-10H2. The fraction of sp³-hybridized carbons (Fsp3) is 1.00. The minimum atomic E-state index is -0.252. The normalized spacial score (nSPS) is 30.4. The molecule has 0 aliphatic carbocycles. The molecule has 1 spiro atoms. The summed E-state index contributed by atoms with van der Waals surface area (Å²) in [6, 6.07) is 0. The molecule has 0 bridgehead atoms. The van der Waals surface area contributed by atoms with Crippen LogP contribution in [0.1, 0.15) is 38.5 Å². The van der Waals surface area contributed by atoms with Crippen molar-refractivity contribution >= 4 is 11.8 Å². The number of rotatable bonds is 4. The van der Waals surface area contributed by atoms with Crippen molar-refractivity contribution in [2.24, 2.45) is 5.92 Å². The molecule has 2 unspecified atom stereocenters. The van der Waals surface area contributed by atoms with Crippen molar-refractivity contribution in [2.75, 3.05) is 24.7 Å². The first-order chi connectivity index (χ1) is 8.26. The maximum absolute atomic E-state index is 10.1. The van der Waals surface area contributed by atoms with Gasteiger partial charge < -0.3 is 14.9 Å². The van der Waals surface area contributed by atoms with Crippen LogP contribution in [0, 0.1) is 5.92 Å². The van der Waals surface area contributed by atoms with Gasteiger partial charge in [-0.25, -0.2) is 0 Å². The molecule has 0 aromatic rings. The first-order valence-electron chi connectivity index (χ1n) is 6.76. The SMILES string of the molecule is OCCCC(O)C1CCOC2(CCSCC2)C1. The van der Waals surface area contributed by atoms with Crippen LogP contribution in [0.15, 0.2) is 0 Å². The monoisotopic (exact) mass is 260 g/mol. The summed E-state index contributed by atoms with van der Waals surface area (Å²) in [5.41, 5.74) is 0.0639. The van der Waals surface area contributed by atoms with E-state index >= 15 is 0 Å². The van der Waals surface area contributed by atoms with Crippen molar-refractivity contribution in [1.82, 2.24) is 0 Å². The molecule has 2 saturated heterocycles. The summed E-state index contributed by atoms with van der Waals surface area (Å²) >= 11 is 2.01. The fourth-order valence-electron chi connectivity index (χ4n) is 3.02. The van der Waals surface area contributed by atoms with Crippen LogP contribution in [0.4, 0.5) is 0 Å². The highest BCUT2D eigenvalue weighted by molar-refractivity contribution is 7.99. The van der Waals surface area contributed by atoms with E-state index < -0.39 is 0 Å². The maximum Gasteiger partial charge on any atom is 0.0701 e. The Hall–Kier alpha value is 0.230. The van der Waals surface area contributed by atoms with Gasteiger partial charge in [0, 0.05) is 13.2 Å². The zero-order valence-corrected chi connectivity index (χ0v) is 11.3. The first-order valence-corrected chi connectivity index (χ1v) is 7.92. The number of thioether (sulfide) groups is 1. The van der Waals surface area contributed by atoms with Crippen molar-refractivity contribution in [2.45, 2.75) is 50.2 Å².